The van der Waals surface area contributed by atoms with Crippen molar-refractivity contribution >= 4 is 21.2 Å². The van der Waals surface area contributed by atoms with Crippen molar-refractivity contribution in [2.45, 2.75) is 44.9 Å². The summed E-state index contributed by atoms with van der Waals surface area (Å²) in [7, 11) is -2.96. The Morgan fingerprint density at radius 1 is 1.33 bits per heavy atom. The molecule has 8 heteroatoms. The maximum atomic E-state index is 11.3. The number of thiophene rings is 1. The van der Waals surface area contributed by atoms with E-state index >= 15 is 0 Å². The fraction of sp³-hybridized carbons (Fsp3) is 0.632. The number of aryl methyl sites for hydroxylation is 2. The fourth-order valence-corrected chi connectivity index (χ4v) is 5.91. The van der Waals surface area contributed by atoms with Crippen molar-refractivity contribution < 1.29 is 13.2 Å². The first-order chi connectivity index (χ1) is 12.8. The average molecular weight is 410 g/mol. The SMILES string of the molecule is Cc1cc2c(s1)C1(CCN(Cc3cnn(CCS(C)(=O)=O)c3)CC1)OCC2. The van der Waals surface area contributed by atoms with Gasteiger partial charge in [-0.2, -0.15) is 5.10 Å². The smallest absolute Gasteiger partial charge is 0.149 e. The standard InChI is InChI=1S/C19H27N3O3S2/c1-15-11-17-3-9-25-19(18(17)26-15)4-6-21(7-5-19)13-16-12-20-22(14-16)8-10-27(2,23)24/h11-12,14H,3-10,13H2,1-2H3. The van der Waals surface area contributed by atoms with E-state index in [9.17, 15) is 8.42 Å². The highest BCUT2D eigenvalue weighted by Gasteiger charge is 2.42. The van der Waals surface area contributed by atoms with Gasteiger partial charge in [0.1, 0.15) is 15.4 Å². The van der Waals surface area contributed by atoms with Gasteiger partial charge in [0.15, 0.2) is 0 Å². The lowest BCUT2D eigenvalue weighted by Gasteiger charge is -2.43. The molecule has 1 fully saturated rings. The summed E-state index contributed by atoms with van der Waals surface area (Å²) in [6.45, 7) is 6.29. The molecular formula is C19H27N3O3S2. The molecule has 0 bridgehead atoms. The molecule has 2 aliphatic rings. The van der Waals surface area contributed by atoms with Crippen molar-refractivity contribution in [1.29, 1.82) is 0 Å². The summed E-state index contributed by atoms with van der Waals surface area (Å²) in [5.74, 6) is 0.125. The molecule has 0 saturated carbocycles. The Bertz CT molecular complexity index is 909. The number of piperidine rings is 1. The molecule has 6 nitrogen and oxygen atoms in total. The van der Waals surface area contributed by atoms with Gasteiger partial charge in [0.05, 0.1) is 25.1 Å². The van der Waals surface area contributed by atoms with Crippen molar-refractivity contribution in [3.8, 4) is 0 Å². The summed E-state index contributed by atoms with van der Waals surface area (Å²) in [5.41, 5.74) is 2.55. The molecule has 0 unspecified atom stereocenters. The van der Waals surface area contributed by atoms with Crippen molar-refractivity contribution in [2.75, 3.05) is 31.7 Å². The zero-order valence-electron chi connectivity index (χ0n) is 16.0. The molecule has 0 atom stereocenters. The molecule has 0 aromatic carbocycles. The summed E-state index contributed by atoms with van der Waals surface area (Å²) < 4.78 is 30.7. The Morgan fingerprint density at radius 3 is 2.85 bits per heavy atom. The van der Waals surface area contributed by atoms with E-state index in [4.69, 9.17) is 4.74 Å². The molecule has 4 heterocycles. The van der Waals surface area contributed by atoms with Crippen molar-refractivity contribution in [3.05, 3.63) is 39.3 Å². The lowest BCUT2D eigenvalue weighted by atomic mass is 9.85. The third-order valence-corrected chi connectivity index (χ3v) is 7.75. The Hall–Kier alpha value is -1.22. The molecule has 1 saturated heterocycles. The minimum absolute atomic E-state index is 0.0807. The summed E-state index contributed by atoms with van der Waals surface area (Å²) in [5, 5.41) is 4.30. The second-order valence-corrected chi connectivity index (χ2v) is 11.3. The van der Waals surface area contributed by atoms with E-state index in [0.717, 1.165) is 51.1 Å². The van der Waals surface area contributed by atoms with Crippen molar-refractivity contribution in [1.82, 2.24) is 14.7 Å². The summed E-state index contributed by atoms with van der Waals surface area (Å²) >= 11 is 1.91. The van der Waals surface area contributed by atoms with Gasteiger partial charge >= 0.3 is 0 Å². The van der Waals surface area contributed by atoms with E-state index in [1.807, 2.05) is 23.7 Å². The summed E-state index contributed by atoms with van der Waals surface area (Å²) in [6, 6.07) is 2.33. The lowest BCUT2D eigenvalue weighted by Crippen LogP contribution is -2.45. The zero-order chi connectivity index (χ0) is 19.1. The molecule has 2 aliphatic heterocycles. The van der Waals surface area contributed by atoms with E-state index in [0.29, 0.717) is 6.54 Å². The van der Waals surface area contributed by atoms with Crippen molar-refractivity contribution in [2.24, 2.45) is 0 Å². The Balaban J connectivity index is 1.36. The largest absolute Gasteiger partial charge is 0.369 e. The van der Waals surface area contributed by atoms with Crippen LogP contribution in [0.15, 0.2) is 18.5 Å². The van der Waals surface area contributed by atoms with Gasteiger partial charge in [-0.25, -0.2) is 8.42 Å². The van der Waals surface area contributed by atoms with Crippen LogP contribution < -0.4 is 0 Å². The number of sulfone groups is 1. The van der Waals surface area contributed by atoms with E-state index < -0.39 is 9.84 Å². The van der Waals surface area contributed by atoms with E-state index in [-0.39, 0.29) is 11.4 Å². The van der Waals surface area contributed by atoms with Gasteiger partial charge in [0.2, 0.25) is 0 Å². The number of nitrogens with zero attached hydrogens (tertiary/aromatic N) is 3. The van der Waals surface area contributed by atoms with Crippen LogP contribution in [-0.4, -0.2) is 54.8 Å². The van der Waals surface area contributed by atoms with Crippen LogP contribution in [0.1, 0.15) is 33.7 Å². The molecule has 27 heavy (non-hydrogen) atoms. The first kappa shape index (κ1) is 19.1. The fourth-order valence-electron chi connectivity index (χ4n) is 4.13. The van der Waals surface area contributed by atoms with Crippen LogP contribution in [0.2, 0.25) is 0 Å². The number of ether oxygens (including phenoxy) is 1. The molecular weight excluding hydrogens is 382 g/mol. The quantitative estimate of drug-likeness (QED) is 0.759. The van der Waals surface area contributed by atoms with Gasteiger partial charge in [-0.15, -0.1) is 11.3 Å². The third-order valence-electron chi connectivity index (χ3n) is 5.54. The predicted octanol–water partition coefficient (Wildman–Crippen LogP) is 2.36. The molecule has 0 aliphatic carbocycles. The minimum atomic E-state index is -2.96. The lowest BCUT2D eigenvalue weighted by molar-refractivity contribution is -0.0960. The number of aromatic nitrogens is 2. The molecule has 0 radical (unpaired) electrons. The third kappa shape index (κ3) is 4.29. The number of hydrogen-bond donors (Lipinski definition) is 0. The predicted molar refractivity (Wildman–Crippen MR) is 107 cm³/mol. The van der Waals surface area contributed by atoms with Crippen LogP contribution in [0.5, 0.6) is 0 Å². The van der Waals surface area contributed by atoms with Gasteiger partial charge in [0.25, 0.3) is 0 Å². The van der Waals surface area contributed by atoms with E-state index in [2.05, 4.69) is 23.0 Å². The maximum absolute atomic E-state index is 11.3. The van der Waals surface area contributed by atoms with Crippen LogP contribution in [0.4, 0.5) is 0 Å². The first-order valence-electron chi connectivity index (χ1n) is 9.48. The molecule has 0 amide bonds. The van der Waals surface area contributed by atoms with Crippen LogP contribution >= 0.6 is 11.3 Å². The van der Waals surface area contributed by atoms with Crippen LogP contribution in [0.3, 0.4) is 0 Å². The van der Waals surface area contributed by atoms with E-state index in [1.165, 1.54) is 21.6 Å². The number of fused-ring (bicyclic) bond motifs is 2. The monoisotopic (exact) mass is 409 g/mol. The number of hydrogen-bond acceptors (Lipinski definition) is 6. The topological polar surface area (TPSA) is 64.4 Å². The van der Waals surface area contributed by atoms with Gasteiger partial charge in [-0.05, 0) is 37.8 Å². The maximum Gasteiger partial charge on any atom is 0.149 e. The summed E-state index contributed by atoms with van der Waals surface area (Å²) in [6.07, 6.45) is 8.18. The van der Waals surface area contributed by atoms with Gasteiger partial charge in [-0.3, -0.25) is 9.58 Å². The molecule has 2 aromatic heterocycles. The second-order valence-electron chi connectivity index (χ2n) is 7.82. The molecule has 4 rings (SSSR count). The zero-order valence-corrected chi connectivity index (χ0v) is 17.6. The number of likely N-dealkylation sites (tertiary alicyclic amines) is 1. The highest BCUT2D eigenvalue weighted by molar-refractivity contribution is 7.90. The highest BCUT2D eigenvalue weighted by atomic mass is 32.2. The molecule has 1 spiro atoms. The minimum Gasteiger partial charge on any atom is -0.369 e. The molecule has 0 N–H and O–H groups in total. The van der Waals surface area contributed by atoms with E-state index in [1.54, 1.807) is 4.68 Å². The van der Waals surface area contributed by atoms with Crippen LogP contribution in [0.25, 0.3) is 0 Å². The second kappa shape index (κ2) is 7.31. The normalized spacial score (nSPS) is 20.1. The Morgan fingerprint density at radius 2 is 2.11 bits per heavy atom. The Kier molecular flexibility index (Phi) is 5.18. The average Bonchev–Trinajstić information content (AvgIpc) is 3.21. The summed E-state index contributed by atoms with van der Waals surface area (Å²) in [4.78, 5) is 5.29. The number of rotatable bonds is 5. The van der Waals surface area contributed by atoms with Crippen LogP contribution in [-0.2, 0) is 39.7 Å². The molecule has 2 aromatic rings. The van der Waals surface area contributed by atoms with Gasteiger partial charge in [-0.1, -0.05) is 0 Å². The molecule has 148 valence electrons. The van der Waals surface area contributed by atoms with Crippen molar-refractivity contribution in [3.63, 3.8) is 0 Å². The first-order valence-corrected chi connectivity index (χ1v) is 12.4. The highest BCUT2D eigenvalue weighted by Crippen LogP contribution is 2.45. The van der Waals surface area contributed by atoms with Gasteiger partial charge < -0.3 is 4.74 Å². The van der Waals surface area contributed by atoms with Gasteiger partial charge in [0, 0.05) is 47.4 Å². The van der Waals surface area contributed by atoms with Crippen LogP contribution in [0, 0.1) is 6.92 Å². The Labute approximate surface area is 165 Å².